The Morgan fingerprint density at radius 3 is 2.38 bits per heavy atom. The van der Waals surface area contributed by atoms with Gasteiger partial charge >= 0.3 is 7.12 Å². The van der Waals surface area contributed by atoms with Crippen LogP contribution in [0.1, 0.15) is 74.6 Å². The van der Waals surface area contributed by atoms with Crippen LogP contribution in [0.2, 0.25) is 6.32 Å². The number of likely N-dealkylation sites (tertiary alicyclic amines) is 2. The van der Waals surface area contributed by atoms with E-state index >= 15 is 0 Å². The number of hydrogen-bond acceptors (Lipinski definition) is 6. The number of carbonyl (C=O) groups excluding carboxylic acids is 2. The zero-order valence-corrected chi connectivity index (χ0v) is 27.2. The molecule has 0 spiro atoms. The zero-order chi connectivity index (χ0) is 31.8. The molecule has 7 nitrogen and oxygen atoms in total. The van der Waals surface area contributed by atoms with Crippen molar-refractivity contribution in [3.63, 3.8) is 0 Å². The number of aryl methyl sites for hydroxylation is 2. The lowest BCUT2D eigenvalue weighted by Crippen LogP contribution is -2.48. The van der Waals surface area contributed by atoms with Gasteiger partial charge in [0, 0.05) is 25.7 Å². The first-order valence-electron chi connectivity index (χ1n) is 16.8. The maximum absolute atomic E-state index is 14.1. The van der Waals surface area contributed by atoms with E-state index < -0.39 is 13.0 Å². The molecule has 3 heterocycles. The number of phenols is 1. The van der Waals surface area contributed by atoms with Crippen LogP contribution in [0, 0.1) is 31.6 Å². The van der Waals surface area contributed by atoms with Crippen molar-refractivity contribution in [1.82, 2.24) is 9.80 Å². The standard InChI is InChI=1S/C37H47BN2O5/c1-5-26(20-28-17-24(3)35(41)25(4)18-28)11-12-32-33-23(2)19-30-34(31(33)21-38(44)45-32)37(43)40(36(30)42)29-13-15-39(16-14-29)22-27-9-7-6-8-10-27/h6-10,17-18,20,29-32,34,41,44H,5,11-16,19,21-22H2,1-4H3/b26-20+/t30-,31+,32-,34-/m1/s1. The Bertz CT molecular complexity index is 1470. The van der Waals surface area contributed by atoms with Crippen LogP contribution in [0.15, 0.2) is 59.2 Å². The predicted octanol–water partition coefficient (Wildman–Crippen LogP) is 6.06. The second-order valence-electron chi connectivity index (χ2n) is 13.7. The molecule has 4 aliphatic rings. The molecule has 238 valence electrons. The van der Waals surface area contributed by atoms with E-state index in [1.807, 2.05) is 32.0 Å². The molecule has 0 radical (unpaired) electrons. The molecule has 2 amide bonds. The molecule has 2 N–H and O–H groups in total. The number of allylic oxidation sites excluding steroid dienone is 2. The number of nitrogens with zero attached hydrogens (tertiary/aromatic N) is 2. The number of aromatic hydroxyl groups is 1. The minimum atomic E-state index is -0.954. The molecule has 3 fully saturated rings. The van der Waals surface area contributed by atoms with Crippen molar-refractivity contribution < 1.29 is 24.4 Å². The highest BCUT2D eigenvalue weighted by atomic mass is 16.5. The van der Waals surface area contributed by atoms with Crippen molar-refractivity contribution in [1.29, 1.82) is 0 Å². The monoisotopic (exact) mass is 610 g/mol. The fourth-order valence-corrected chi connectivity index (χ4v) is 8.46. The van der Waals surface area contributed by atoms with Gasteiger partial charge in [-0.3, -0.25) is 19.4 Å². The third-order valence-electron chi connectivity index (χ3n) is 10.7. The molecule has 1 aliphatic carbocycles. The van der Waals surface area contributed by atoms with E-state index in [9.17, 15) is 19.7 Å². The Morgan fingerprint density at radius 1 is 1.02 bits per heavy atom. The van der Waals surface area contributed by atoms with Gasteiger partial charge in [-0.15, -0.1) is 0 Å². The summed E-state index contributed by atoms with van der Waals surface area (Å²) in [4.78, 5) is 32.0. The lowest BCUT2D eigenvalue weighted by atomic mass is 9.58. The van der Waals surface area contributed by atoms with Crippen molar-refractivity contribution in [3.8, 4) is 5.75 Å². The number of hydrogen-bond donors (Lipinski definition) is 2. The van der Waals surface area contributed by atoms with Gasteiger partial charge in [-0.25, -0.2) is 0 Å². The third kappa shape index (κ3) is 6.42. The quantitative estimate of drug-likeness (QED) is 0.215. The normalized spacial score (nSPS) is 26.5. The van der Waals surface area contributed by atoms with Gasteiger partial charge in [0.15, 0.2) is 0 Å². The summed E-state index contributed by atoms with van der Waals surface area (Å²) in [5.74, 6) is -0.644. The molecule has 2 aromatic rings. The summed E-state index contributed by atoms with van der Waals surface area (Å²) >= 11 is 0. The van der Waals surface area contributed by atoms with Gasteiger partial charge in [0.05, 0.1) is 17.9 Å². The number of amides is 2. The highest BCUT2D eigenvalue weighted by Crippen LogP contribution is 2.51. The van der Waals surface area contributed by atoms with Crippen LogP contribution in [0.5, 0.6) is 5.75 Å². The highest BCUT2D eigenvalue weighted by Gasteiger charge is 2.58. The van der Waals surface area contributed by atoms with Crippen molar-refractivity contribution in [2.75, 3.05) is 13.1 Å². The van der Waals surface area contributed by atoms with E-state index in [1.165, 1.54) is 11.1 Å². The summed E-state index contributed by atoms with van der Waals surface area (Å²) in [6.07, 6.45) is 6.84. The van der Waals surface area contributed by atoms with Crippen LogP contribution >= 0.6 is 0 Å². The summed E-state index contributed by atoms with van der Waals surface area (Å²) in [5, 5.41) is 21.1. The first-order chi connectivity index (χ1) is 21.6. The van der Waals surface area contributed by atoms with Crippen LogP contribution in [0.3, 0.4) is 0 Å². The SMILES string of the molecule is CC/C(=C\c1cc(C)c(O)c(C)c1)CC[C@H]1OB(O)C[C@H]2C1=C(C)C[C@H]1C(=O)N(C3CCN(Cc4ccccc4)CC3)C(=O)[C@H]12. The average molecular weight is 611 g/mol. The van der Waals surface area contributed by atoms with E-state index in [4.69, 9.17) is 4.65 Å². The molecule has 0 bridgehead atoms. The van der Waals surface area contributed by atoms with Gasteiger partial charge in [0.1, 0.15) is 5.75 Å². The van der Waals surface area contributed by atoms with Crippen molar-refractivity contribution in [3.05, 3.63) is 81.4 Å². The van der Waals surface area contributed by atoms with Crippen LogP contribution in [0.4, 0.5) is 0 Å². The lowest BCUT2D eigenvalue weighted by molar-refractivity contribution is -0.144. The fourth-order valence-electron chi connectivity index (χ4n) is 8.46. The van der Waals surface area contributed by atoms with Crippen LogP contribution in [-0.2, 0) is 20.8 Å². The van der Waals surface area contributed by atoms with E-state index in [0.717, 1.165) is 73.2 Å². The van der Waals surface area contributed by atoms with E-state index in [-0.39, 0.29) is 35.8 Å². The summed E-state index contributed by atoms with van der Waals surface area (Å²) in [5.41, 5.74) is 7.61. The Labute approximate surface area is 268 Å². The number of carbonyl (C=O) groups is 2. The van der Waals surface area contributed by atoms with Gasteiger partial charge < -0.3 is 14.8 Å². The van der Waals surface area contributed by atoms with Crippen molar-refractivity contribution in [2.24, 2.45) is 17.8 Å². The van der Waals surface area contributed by atoms with Crippen molar-refractivity contribution in [2.45, 2.75) is 91.2 Å². The Hall–Kier alpha value is -3.20. The number of fused-ring (bicyclic) bond motifs is 3. The molecular weight excluding hydrogens is 563 g/mol. The molecule has 0 unspecified atom stereocenters. The van der Waals surface area contributed by atoms with Crippen molar-refractivity contribution >= 4 is 25.0 Å². The van der Waals surface area contributed by atoms with Crippen LogP contribution in [-0.4, -0.2) is 64.1 Å². The molecule has 3 aliphatic heterocycles. The Balaban J connectivity index is 1.15. The second-order valence-corrected chi connectivity index (χ2v) is 13.7. The lowest BCUT2D eigenvalue weighted by Gasteiger charge is -2.42. The number of rotatable bonds is 8. The van der Waals surface area contributed by atoms with Crippen LogP contribution < -0.4 is 0 Å². The Morgan fingerprint density at radius 2 is 1.71 bits per heavy atom. The second kappa shape index (κ2) is 13.3. The third-order valence-corrected chi connectivity index (χ3v) is 10.7. The van der Waals surface area contributed by atoms with Gasteiger partial charge in [-0.05, 0) is 111 Å². The highest BCUT2D eigenvalue weighted by molar-refractivity contribution is 6.43. The topological polar surface area (TPSA) is 90.3 Å². The largest absolute Gasteiger partial charge is 0.507 e. The molecule has 3 saturated heterocycles. The summed E-state index contributed by atoms with van der Waals surface area (Å²) in [6.45, 7) is 10.7. The summed E-state index contributed by atoms with van der Waals surface area (Å²) in [7, 11) is -0.954. The van der Waals surface area contributed by atoms with E-state index in [0.29, 0.717) is 24.9 Å². The first-order valence-corrected chi connectivity index (χ1v) is 16.8. The number of phenolic OH excluding ortho intramolecular Hbond substituents is 1. The minimum absolute atomic E-state index is 0.0156. The maximum Gasteiger partial charge on any atom is 0.455 e. The molecule has 0 aromatic heterocycles. The van der Waals surface area contributed by atoms with Gasteiger partial charge in [-0.2, -0.15) is 0 Å². The minimum Gasteiger partial charge on any atom is -0.507 e. The zero-order valence-electron chi connectivity index (χ0n) is 27.2. The molecule has 0 saturated carbocycles. The number of imide groups is 1. The van der Waals surface area contributed by atoms with Gasteiger partial charge in [0.25, 0.3) is 0 Å². The molecule has 2 aromatic carbocycles. The van der Waals surface area contributed by atoms with E-state index in [1.54, 1.807) is 4.90 Å². The first kappa shape index (κ1) is 31.8. The van der Waals surface area contributed by atoms with Gasteiger partial charge in [-0.1, -0.05) is 54.5 Å². The molecule has 45 heavy (non-hydrogen) atoms. The summed E-state index contributed by atoms with van der Waals surface area (Å²) in [6, 6.07) is 14.4. The number of benzene rings is 2. The molecule has 6 rings (SSSR count). The summed E-state index contributed by atoms with van der Waals surface area (Å²) < 4.78 is 6.16. The predicted molar refractivity (Wildman–Crippen MR) is 177 cm³/mol. The average Bonchev–Trinajstić information content (AvgIpc) is 3.27. The Kier molecular flexibility index (Phi) is 9.37. The molecule has 4 atom stereocenters. The number of piperidine rings is 1. The van der Waals surface area contributed by atoms with Gasteiger partial charge in [0.2, 0.25) is 11.8 Å². The fraction of sp³-hybridized carbons (Fsp3) is 0.514. The smallest absolute Gasteiger partial charge is 0.455 e. The molecular formula is C37H47BN2O5. The maximum atomic E-state index is 14.1. The molecule has 8 heteroatoms. The van der Waals surface area contributed by atoms with E-state index in [2.05, 4.69) is 49.1 Å². The van der Waals surface area contributed by atoms with Crippen LogP contribution in [0.25, 0.3) is 6.08 Å².